The molecule has 0 aromatic rings. The molecule has 0 amide bonds. The van der Waals surface area contributed by atoms with Gasteiger partial charge in [-0.3, -0.25) is 4.79 Å². The first-order valence-electron chi connectivity index (χ1n) is 2.73. The van der Waals surface area contributed by atoms with Gasteiger partial charge in [0.15, 0.2) is 0 Å². The molecule has 0 heterocycles. The molecule has 0 aromatic heterocycles. The molecule has 0 radical (unpaired) electrons. The summed E-state index contributed by atoms with van der Waals surface area (Å²) >= 11 is 1.36. The molecule has 0 unspecified atom stereocenters. The Balaban J connectivity index is 3.21. The molecule has 0 aliphatic carbocycles. The van der Waals surface area contributed by atoms with Gasteiger partial charge in [-0.1, -0.05) is 0 Å². The molecule has 0 saturated carbocycles. The molecule has 60 valence electrons. The van der Waals surface area contributed by atoms with Crippen LogP contribution in [0.5, 0.6) is 0 Å². The number of thioether (sulfide) groups is 1. The zero-order valence-corrected chi connectivity index (χ0v) is 6.56. The van der Waals surface area contributed by atoms with Crippen molar-refractivity contribution in [2.24, 2.45) is 5.73 Å². The van der Waals surface area contributed by atoms with Gasteiger partial charge in [-0.05, 0) is 0 Å². The molecular weight excluding hydrogens is 154 g/mol. The summed E-state index contributed by atoms with van der Waals surface area (Å²) in [5, 5.41) is 8.30. The molecule has 0 aromatic carbocycles. The fraction of sp³-hybridized carbons (Fsp3) is 0.800. The molecule has 0 rings (SSSR count). The summed E-state index contributed by atoms with van der Waals surface area (Å²) in [4.78, 5) is 10.1. The van der Waals surface area contributed by atoms with Gasteiger partial charge in [0.05, 0.1) is 5.94 Å². The zero-order chi connectivity index (χ0) is 7.98. The number of hydrogen-bond acceptors (Lipinski definition) is 4. The van der Waals surface area contributed by atoms with E-state index < -0.39 is 12.0 Å². The molecule has 5 heteroatoms. The highest BCUT2D eigenvalue weighted by molar-refractivity contribution is 7.99. The molecule has 10 heavy (non-hydrogen) atoms. The number of ether oxygens (including phenoxy) is 1. The van der Waals surface area contributed by atoms with Crippen LogP contribution in [0.15, 0.2) is 0 Å². The first-order chi connectivity index (χ1) is 4.68. The molecule has 0 aliphatic heterocycles. The van der Waals surface area contributed by atoms with Crippen LogP contribution in [-0.2, 0) is 9.53 Å². The van der Waals surface area contributed by atoms with E-state index in [0.29, 0.717) is 11.7 Å². The van der Waals surface area contributed by atoms with Crippen molar-refractivity contribution in [2.75, 3.05) is 18.8 Å². The smallest absolute Gasteiger partial charge is 0.321 e. The topological polar surface area (TPSA) is 72.5 Å². The number of aliphatic carboxylic acids is 1. The molecule has 0 aliphatic rings. The van der Waals surface area contributed by atoms with E-state index in [9.17, 15) is 4.79 Å². The van der Waals surface area contributed by atoms with Crippen LogP contribution in [0.3, 0.4) is 0 Å². The van der Waals surface area contributed by atoms with Crippen LogP contribution in [0.1, 0.15) is 0 Å². The van der Waals surface area contributed by atoms with Crippen molar-refractivity contribution in [3.05, 3.63) is 0 Å². The molecule has 0 fully saturated rings. The second kappa shape index (κ2) is 5.52. The summed E-state index contributed by atoms with van der Waals surface area (Å²) in [6.45, 7) is 0. The van der Waals surface area contributed by atoms with Gasteiger partial charge < -0.3 is 15.6 Å². The number of methoxy groups -OCH3 is 1. The van der Waals surface area contributed by atoms with Crippen LogP contribution in [0.4, 0.5) is 0 Å². The number of rotatable bonds is 5. The highest BCUT2D eigenvalue weighted by Crippen LogP contribution is 2.00. The lowest BCUT2D eigenvalue weighted by Crippen LogP contribution is -2.32. The van der Waals surface area contributed by atoms with Crippen LogP contribution in [0.25, 0.3) is 0 Å². The highest BCUT2D eigenvalue weighted by Gasteiger charge is 2.09. The molecule has 3 N–H and O–H groups in total. The van der Waals surface area contributed by atoms with Gasteiger partial charge in [-0.15, -0.1) is 11.8 Å². The summed E-state index contributed by atoms with van der Waals surface area (Å²) in [7, 11) is 1.55. The maximum Gasteiger partial charge on any atom is 0.321 e. The summed E-state index contributed by atoms with van der Waals surface area (Å²) < 4.78 is 4.69. The quantitative estimate of drug-likeness (QED) is 0.433. The first-order valence-corrected chi connectivity index (χ1v) is 3.89. The minimum atomic E-state index is -0.969. The molecule has 0 spiro atoms. The van der Waals surface area contributed by atoms with Gasteiger partial charge in [0.1, 0.15) is 6.04 Å². The third-order valence-corrected chi connectivity index (χ3v) is 1.81. The van der Waals surface area contributed by atoms with Crippen molar-refractivity contribution in [3.8, 4) is 0 Å². The minimum absolute atomic E-state index is 0.392. The van der Waals surface area contributed by atoms with E-state index in [4.69, 9.17) is 10.8 Å². The molecular formula is C5H11NO3S. The number of hydrogen-bond donors (Lipinski definition) is 2. The van der Waals surface area contributed by atoms with E-state index in [2.05, 4.69) is 4.74 Å². The maximum atomic E-state index is 10.1. The fourth-order valence-corrected chi connectivity index (χ4v) is 0.989. The Morgan fingerprint density at radius 3 is 2.90 bits per heavy atom. The summed E-state index contributed by atoms with van der Waals surface area (Å²) in [5.41, 5.74) is 5.18. The average molecular weight is 165 g/mol. The highest BCUT2D eigenvalue weighted by atomic mass is 32.2. The Kier molecular flexibility index (Phi) is 5.38. The second-order valence-electron chi connectivity index (χ2n) is 1.72. The minimum Gasteiger partial charge on any atom is -0.480 e. The number of carboxylic acids is 1. The van der Waals surface area contributed by atoms with Crippen molar-refractivity contribution in [1.82, 2.24) is 0 Å². The largest absolute Gasteiger partial charge is 0.480 e. The van der Waals surface area contributed by atoms with Gasteiger partial charge in [0, 0.05) is 12.9 Å². The van der Waals surface area contributed by atoms with Crippen LogP contribution >= 0.6 is 11.8 Å². The van der Waals surface area contributed by atoms with Gasteiger partial charge in [0.25, 0.3) is 0 Å². The van der Waals surface area contributed by atoms with Crippen molar-refractivity contribution in [3.63, 3.8) is 0 Å². The maximum absolute atomic E-state index is 10.1. The summed E-state index contributed by atoms with van der Waals surface area (Å²) in [5.74, 6) is -0.0898. The Bertz CT molecular complexity index is 109. The zero-order valence-electron chi connectivity index (χ0n) is 5.74. The standard InChI is InChI=1S/C5H11NO3S/c1-9-3-10-2-4(6)5(7)8/h4H,2-3,6H2,1H3,(H,7,8)/t4-/m1/s1. The molecule has 0 saturated heterocycles. The Hall–Kier alpha value is -0.260. The third-order valence-electron chi connectivity index (χ3n) is 0.816. The van der Waals surface area contributed by atoms with E-state index >= 15 is 0 Å². The molecule has 0 bridgehead atoms. The van der Waals surface area contributed by atoms with Gasteiger partial charge in [0.2, 0.25) is 0 Å². The van der Waals surface area contributed by atoms with Gasteiger partial charge in [-0.25, -0.2) is 0 Å². The van der Waals surface area contributed by atoms with Crippen molar-refractivity contribution in [1.29, 1.82) is 0 Å². The van der Waals surface area contributed by atoms with Crippen molar-refractivity contribution >= 4 is 17.7 Å². The third kappa shape index (κ3) is 4.60. The Morgan fingerprint density at radius 1 is 1.90 bits per heavy atom. The van der Waals surface area contributed by atoms with E-state index in [0.717, 1.165) is 0 Å². The lowest BCUT2D eigenvalue weighted by Gasteiger charge is -2.03. The normalized spacial score (nSPS) is 13.0. The van der Waals surface area contributed by atoms with Crippen molar-refractivity contribution < 1.29 is 14.6 Å². The van der Waals surface area contributed by atoms with Gasteiger partial charge in [-0.2, -0.15) is 0 Å². The van der Waals surface area contributed by atoms with Crippen LogP contribution in [0.2, 0.25) is 0 Å². The number of carboxylic acid groups (broad SMARTS) is 1. The van der Waals surface area contributed by atoms with E-state index in [-0.39, 0.29) is 0 Å². The second-order valence-corrected chi connectivity index (χ2v) is 2.70. The molecule has 4 nitrogen and oxygen atoms in total. The van der Waals surface area contributed by atoms with Gasteiger partial charge >= 0.3 is 5.97 Å². The fourth-order valence-electron chi connectivity index (χ4n) is 0.330. The summed E-state index contributed by atoms with van der Waals surface area (Å²) in [6, 6.07) is -0.778. The lowest BCUT2D eigenvalue weighted by molar-refractivity contribution is -0.137. The van der Waals surface area contributed by atoms with Crippen LogP contribution < -0.4 is 5.73 Å². The SMILES string of the molecule is COCSC[C@@H](N)C(=O)O. The monoisotopic (exact) mass is 165 g/mol. The van der Waals surface area contributed by atoms with E-state index in [1.165, 1.54) is 11.8 Å². The lowest BCUT2D eigenvalue weighted by atomic mass is 10.4. The van der Waals surface area contributed by atoms with E-state index in [1.54, 1.807) is 7.11 Å². The number of carbonyl (C=O) groups is 1. The Labute approximate surface area is 63.7 Å². The average Bonchev–Trinajstić information content (AvgIpc) is 1.88. The van der Waals surface area contributed by atoms with E-state index in [1.807, 2.05) is 0 Å². The predicted octanol–water partition coefficient (Wildman–Crippen LogP) is -0.265. The number of nitrogens with two attached hydrogens (primary N) is 1. The first kappa shape index (κ1) is 9.74. The van der Waals surface area contributed by atoms with Crippen LogP contribution in [0, 0.1) is 0 Å². The predicted molar refractivity (Wildman–Crippen MR) is 39.9 cm³/mol. The Morgan fingerprint density at radius 2 is 2.50 bits per heavy atom. The molecule has 1 atom stereocenters. The van der Waals surface area contributed by atoms with Crippen molar-refractivity contribution in [2.45, 2.75) is 6.04 Å². The summed E-state index contributed by atoms with van der Waals surface area (Å²) in [6.07, 6.45) is 0. The van der Waals surface area contributed by atoms with Crippen LogP contribution in [-0.4, -0.2) is 35.9 Å².